The molecule has 0 heterocycles. The van der Waals surface area contributed by atoms with E-state index in [1.807, 2.05) is 21.0 Å². The molecule has 4 heteroatoms. The van der Waals surface area contributed by atoms with E-state index in [2.05, 4.69) is 51.6 Å². The summed E-state index contributed by atoms with van der Waals surface area (Å²) in [5.74, 6) is 0.362. The molecule has 0 aliphatic carbocycles. The van der Waals surface area contributed by atoms with Crippen LogP contribution in [0.1, 0.15) is 66.7 Å². The number of phenolic OH excluding ortho intramolecular Hbond substituents is 1. The van der Waals surface area contributed by atoms with Gasteiger partial charge in [0.1, 0.15) is 5.75 Å². The Balaban J connectivity index is 3.79. The highest BCUT2D eigenvalue weighted by atomic mass is 16.3. The zero-order valence-corrected chi connectivity index (χ0v) is 15.7. The van der Waals surface area contributed by atoms with Crippen LogP contribution < -0.4 is 5.73 Å². The molecule has 4 nitrogen and oxygen atoms in total. The van der Waals surface area contributed by atoms with Gasteiger partial charge in [0, 0.05) is 29.3 Å². The molecule has 1 rings (SSSR count). The second-order valence-corrected chi connectivity index (χ2v) is 6.91. The van der Waals surface area contributed by atoms with E-state index in [4.69, 9.17) is 5.73 Å². The van der Waals surface area contributed by atoms with E-state index < -0.39 is 0 Å². The van der Waals surface area contributed by atoms with Crippen LogP contribution in [0.15, 0.2) is 0 Å². The lowest BCUT2D eigenvalue weighted by Gasteiger charge is -2.32. The van der Waals surface area contributed by atoms with Crippen molar-refractivity contribution in [2.75, 3.05) is 28.2 Å². The fraction of sp³-hybridized carbons (Fsp3) is 0.667. The van der Waals surface area contributed by atoms with E-state index in [1.54, 1.807) is 0 Å². The van der Waals surface area contributed by atoms with Gasteiger partial charge in [-0.1, -0.05) is 0 Å². The molecule has 0 spiro atoms. The molecule has 0 aliphatic heterocycles. The fourth-order valence-corrected chi connectivity index (χ4v) is 3.28. The second kappa shape index (κ2) is 6.99. The third-order valence-electron chi connectivity index (χ3n) is 4.97. The summed E-state index contributed by atoms with van der Waals surface area (Å²) < 4.78 is 0. The molecule has 1 aromatic carbocycles. The molecule has 3 N–H and O–H groups in total. The van der Waals surface area contributed by atoms with Gasteiger partial charge in [0.15, 0.2) is 0 Å². The van der Waals surface area contributed by atoms with Crippen LogP contribution in [-0.4, -0.2) is 43.1 Å². The Labute approximate surface area is 135 Å². The van der Waals surface area contributed by atoms with E-state index in [9.17, 15) is 5.11 Å². The zero-order valence-electron chi connectivity index (χ0n) is 15.7. The van der Waals surface area contributed by atoms with E-state index in [1.165, 1.54) is 11.1 Å². The number of phenols is 1. The summed E-state index contributed by atoms with van der Waals surface area (Å²) in [6.07, 6.45) is 0. The van der Waals surface area contributed by atoms with Gasteiger partial charge < -0.3 is 20.6 Å². The van der Waals surface area contributed by atoms with Crippen LogP contribution >= 0.6 is 0 Å². The van der Waals surface area contributed by atoms with Crippen molar-refractivity contribution in [1.29, 1.82) is 0 Å². The Kier molecular flexibility index (Phi) is 6.02. The molecule has 22 heavy (non-hydrogen) atoms. The summed E-state index contributed by atoms with van der Waals surface area (Å²) in [7, 11) is 8.22. The van der Waals surface area contributed by atoms with Gasteiger partial charge in [-0.25, -0.2) is 0 Å². The maximum Gasteiger partial charge on any atom is 0.125 e. The Morgan fingerprint density at radius 2 is 1.14 bits per heavy atom. The van der Waals surface area contributed by atoms with Crippen LogP contribution in [0.2, 0.25) is 0 Å². The lowest BCUT2D eigenvalue weighted by atomic mass is 9.84. The number of aromatic hydroxyl groups is 1. The van der Waals surface area contributed by atoms with Gasteiger partial charge in [-0.15, -0.1) is 0 Å². The number of benzene rings is 1. The highest BCUT2D eigenvalue weighted by Gasteiger charge is 2.27. The van der Waals surface area contributed by atoms with Crippen molar-refractivity contribution < 1.29 is 5.11 Å². The molecule has 0 fully saturated rings. The predicted molar refractivity (Wildman–Crippen MR) is 94.4 cm³/mol. The lowest BCUT2D eigenvalue weighted by Crippen LogP contribution is -2.24. The quantitative estimate of drug-likeness (QED) is 0.876. The van der Waals surface area contributed by atoms with Crippen molar-refractivity contribution in [3.05, 3.63) is 27.8 Å². The molecular formula is C18H33N3O. The number of hydrogen-bond acceptors (Lipinski definition) is 4. The average Bonchev–Trinajstić information content (AvgIpc) is 2.37. The molecule has 3 atom stereocenters. The first-order valence-electron chi connectivity index (χ1n) is 7.96. The van der Waals surface area contributed by atoms with Gasteiger partial charge in [0.25, 0.3) is 0 Å². The first kappa shape index (κ1) is 18.9. The normalized spacial score (nSPS) is 16.2. The summed E-state index contributed by atoms with van der Waals surface area (Å²) >= 11 is 0. The van der Waals surface area contributed by atoms with Gasteiger partial charge in [-0.05, 0) is 79.5 Å². The smallest absolute Gasteiger partial charge is 0.125 e. The fourth-order valence-electron chi connectivity index (χ4n) is 3.28. The molecule has 0 saturated carbocycles. The van der Waals surface area contributed by atoms with Crippen molar-refractivity contribution in [1.82, 2.24) is 9.80 Å². The maximum absolute atomic E-state index is 10.9. The van der Waals surface area contributed by atoms with Crippen LogP contribution in [0, 0.1) is 13.8 Å². The highest BCUT2D eigenvalue weighted by Crippen LogP contribution is 2.42. The monoisotopic (exact) mass is 307 g/mol. The SMILES string of the molecule is Cc1c(C(C)N)c(O)c(C(C)N(C)C)c(C)c1C(C)N(C)C. The van der Waals surface area contributed by atoms with Crippen LogP contribution in [0.4, 0.5) is 0 Å². The van der Waals surface area contributed by atoms with E-state index >= 15 is 0 Å². The van der Waals surface area contributed by atoms with Gasteiger partial charge >= 0.3 is 0 Å². The largest absolute Gasteiger partial charge is 0.507 e. The van der Waals surface area contributed by atoms with Crippen LogP contribution in [0.3, 0.4) is 0 Å². The third-order valence-corrected chi connectivity index (χ3v) is 4.97. The molecule has 0 saturated heterocycles. The summed E-state index contributed by atoms with van der Waals surface area (Å²) in [5.41, 5.74) is 11.6. The van der Waals surface area contributed by atoms with Crippen LogP contribution in [0.5, 0.6) is 5.75 Å². The van der Waals surface area contributed by atoms with Gasteiger partial charge in [-0.3, -0.25) is 0 Å². The first-order chi connectivity index (χ1) is 10.0. The molecule has 0 amide bonds. The van der Waals surface area contributed by atoms with Crippen molar-refractivity contribution in [3.63, 3.8) is 0 Å². The summed E-state index contributed by atoms with van der Waals surface area (Å²) in [6.45, 7) is 10.4. The highest BCUT2D eigenvalue weighted by molar-refractivity contribution is 5.57. The Bertz CT molecular complexity index is 495. The number of rotatable bonds is 5. The second-order valence-electron chi connectivity index (χ2n) is 6.91. The maximum atomic E-state index is 10.9. The van der Waals surface area contributed by atoms with Crippen molar-refractivity contribution in [2.24, 2.45) is 5.73 Å². The van der Waals surface area contributed by atoms with Crippen molar-refractivity contribution in [3.8, 4) is 5.75 Å². The molecule has 0 bridgehead atoms. The minimum atomic E-state index is -0.193. The van der Waals surface area contributed by atoms with Crippen LogP contribution in [-0.2, 0) is 0 Å². The zero-order chi connectivity index (χ0) is 17.4. The Hall–Kier alpha value is -1.10. The molecule has 1 aromatic rings. The molecular weight excluding hydrogens is 274 g/mol. The van der Waals surface area contributed by atoms with E-state index in [0.29, 0.717) is 5.75 Å². The van der Waals surface area contributed by atoms with Crippen molar-refractivity contribution >= 4 is 0 Å². The number of nitrogens with two attached hydrogens (primary N) is 1. The topological polar surface area (TPSA) is 52.7 Å². The van der Waals surface area contributed by atoms with Gasteiger partial charge in [0.2, 0.25) is 0 Å². The van der Waals surface area contributed by atoms with E-state index in [-0.39, 0.29) is 18.1 Å². The Morgan fingerprint density at radius 3 is 1.50 bits per heavy atom. The first-order valence-corrected chi connectivity index (χ1v) is 7.96. The summed E-state index contributed by atoms with van der Waals surface area (Å²) in [5, 5.41) is 10.9. The van der Waals surface area contributed by atoms with Crippen LogP contribution in [0.25, 0.3) is 0 Å². The average molecular weight is 307 g/mol. The molecule has 0 radical (unpaired) electrons. The minimum absolute atomic E-state index is 0.131. The molecule has 0 aromatic heterocycles. The third kappa shape index (κ3) is 3.29. The lowest BCUT2D eigenvalue weighted by molar-refractivity contribution is 0.302. The molecule has 0 aliphatic rings. The summed E-state index contributed by atoms with van der Waals surface area (Å²) in [4.78, 5) is 4.31. The molecule has 126 valence electrons. The van der Waals surface area contributed by atoms with Gasteiger partial charge in [-0.2, -0.15) is 0 Å². The van der Waals surface area contributed by atoms with Crippen molar-refractivity contribution in [2.45, 2.75) is 52.7 Å². The minimum Gasteiger partial charge on any atom is -0.507 e. The number of nitrogens with zero attached hydrogens (tertiary/aromatic N) is 2. The number of hydrogen-bond donors (Lipinski definition) is 2. The predicted octanol–water partition coefficient (Wildman–Crippen LogP) is 3.27. The van der Waals surface area contributed by atoms with Gasteiger partial charge in [0.05, 0.1) is 0 Å². The Morgan fingerprint density at radius 1 is 0.773 bits per heavy atom. The van der Waals surface area contributed by atoms with E-state index in [0.717, 1.165) is 16.7 Å². The standard InChI is InChI=1S/C18H33N3O/c1-10-15(13(4)20(6)7)11(2)17(14(5)21(8)9)18(22)16(10)12(3)19/h12-14,22H,19H2,1-9H3. The summed E-state index contributed by atoms with van der Waals surface area (Å²) in [6, 6.07) is 0.208. The molecule has 3 unspecified atom stereocenters.